The van der Waals surface area contributed by atoms with Crippen LogP contribution in [0, 0.1) is 0 Å². The van der Waals surface area contributed by atoms with Crippen LogP contribution >= 0.6 is 0 Å². The van der Waals surface area contributed by atoms with Crippen molar-refractivity contribution in [1.29, 1.82) is 0 Å². The van der Waals surface area contributed by atoms with Gasteiger partial charge in [-0.1, -0.05) is 60.7 Å². The maximum Gasteiger partial charge on any atom is 0.331 e. The summed E-state index contributed by atoms with van der Waals surface area (Å²) in [5.41, 5.74) is 1.39. The highest BCUT2D eigenvalue weighted by Crippen LogP contribution is 2.38. The Hall–Kier alpha value is -2.13. The molecular weight excluding hydrogens is 286 g/mol. The van der Waals surface area contributed by atoms with Gasteiger partial charge in [-0.3, -0.25) is 4.90 Å². The average molecular weight is 309 g/mol. The Morgan fingerprint density at radius 2 is 1.57 bits per heavy atom. The van der Waals surface area contributed by atoms with Crippen molar-refractivity contribution in [2.45, 2.75) is 45.0 Å². The Balaban J connectivity index is 2.04. The fourth-order valence-corrected chi connectivity index (χ4v) is 3.29. The van der Waals surface area contributed by atoms with Crippen molar-refractivity contribution in [2.24, 2.45) is 0 Å². The molecule has 2 aromatic carbocycles. The second-order valence-corrected chi connectivity index (χ2v) is 6.40. The third kappa shape index (κ3) is 2.77. The number of carbonyl (C=O) groups excluding carboxylic acids is 1. The Kier molecular flexibility index (Phi) is 4.22. The highest BCUT2D eigenvalue weighted by molar-refractivity contribution is 5.83. The number of benzene rings is 2. The molecule has 0 amide bonds. The predicted molar refractivity (Wildman–Crippen MR) is 90.8 cm³/mol. The zero-order valence-corrected chi connectivity index (χ0v) is 13.9. The lowest BCUT2D eigenvalue weighted by Crippen LogP contribution is -2.62. The molecule has 3 atom stereocenters. The number of carbonyl (C=O) groups is 1. The van der Waals surface area contributed by atoms with Gasteiger partial charge in [-0.25, -0.2) is 4.79 Å². The minimum atomic E-state index is -0.775. The van der Waals surface area contributed by atoms with Gasteiger partial charge in [-0.05, 0) is 31.9 Å². The van der Waals surface area contributed by atoms with Crippen LogP contribution in [0.15, 0.2) is 60.7 Å². The number of cyclic esters (lactones) is 1. The standard InChI is InChI=1S/C20H23NO2/c1-15-16(2)23-19(22)20(3,18-12-8-5-9-13-18)21(15)14-17-10-6-4-7-11-17/h4-13,15-16H,14H2,1-3H3/t15?,16?,20-/m0/s1. The van der Waals surface area contributed by atoms with Crippen LogP contribution < -0.4 is 0 Å². The van der Waals surface area contributed by atoms with Gasteiger partial charge in [0, 0.05) is 12.6 Å². The first-order valence-corrected chi connectivity index (χ1v) is 8.10. The molecule has 0 bridgehead atoms. The normalized spacial score (nSPS) is 28.4. The monoisotopic (exact) mass is 309 g/mol. The van der Waals surface area contributed by atoms with Crippen molar-refractivity contribution in [3.05, 3.63) is 71.8 Å². The number of hydrogen-bond acceptors (Lipinski definition) is 3. The molecule has 3 nitrogen and oxygen atoms in total. The third-order valence-electron chi connectivity index (χ3n) is 4.97. The van der Waals surface area contributed by atoms with Gasteiger partial charge in [0.05, 0.1) is 0 Å². The summed E-state index contributed by atoms with van der Waals surface area (Å²) in [6.45, 7) is 6.77. The highest BCUT2D eigenvalue weighted by atomic mass is 16.6. The molecular formula is C20H23NO2. The first-order chi connectivity index (χ1) is 11.0. The van der Waals surface area contributed by atoms with Crippen molar-refractivity contribution >= 4 is 5.97 Å². The molecule has 0 N–H and O–H groups in total. The minimum Gasteiger partial charge on any atom is -0.459 e. The number of nitrogens with zero attached hydrogens (tertiary/aromatic N) is 1. The van der Waals surface area contributed by atoms with Gasteiger partial charge in [0.2, 0.25) is 0 Å². The number of ether oxygens (including phenoxy) is 1. The van der Waals surface area contributed by atoms with Crippen LogP contribution in [0.2, 0.25) is 0 Å². The molecule has 2 aromatic rings. The van der Waals surface area contributed by atoms with E-state index in [4.69, 9.17) is 4.74 Å². The van der Waals surface area contributed by atoms with Gasteiger partial charge < -0.3 is 4.74 Å². The van der Waals surface area contributed by atoms with Crippen molar-refractivity contribution in [1.82, 2.24) is 4.90 Å². The first-order valence-electron chi connectivity index (χ1n) is 8.10. The van der Waals surface area contributed by atoms with Gasteiger partial charge in [-0.15, -0.1) is 0 Å². The Labute approximate surface area is 137 Å². The van der Waals surface area contributed by atoms with Crippen LogP contribution in [0.5, 0.6) is 0 Å². The van der Waals surface area contributed by atoms with E-state index < -0.39 is 5.54 Å². The van der Waals surface area contributed by atoms with Crippen molar-refractivity contribution in [3.63, 3.8) is 0 Å². The summed E-state index contributed by atoms with van der Waals surface area (Å²) < 4.78 is 5.66. The molecule has 120 valence electrons. The van der Waals surface area contributed by atoms with Gasteiger partial charge >= 0.3 is 5.97 Å². The lowest BCUT2D eigenvalue weighted by Gasteiger charge is -2.49. The maximum absolute atomic E-state index is 12.8. The summed E-state index contributed by atoms with van der Waals surface area (Å²) in [5, 5.41) is 0. The molecule has 1 aliphatic heterocycles. The number of rotatable bonds is 3. The molecule has 0 aliphatic carbocycles. The summed E-state index contributed by atoms with van der Waals surface area (Å²) >= 11 is 0. The zero-order chi connectivity index (χ0) is 16.4. The molecule has 1 fully saturated rings. The van der Waals surface area contributed by atoms with Crippen LogP contribution in [-0.2, 0) is 21.6 Å². The molecule has 3 heteroatoms. The van der Waals surface area contributed by atoms with Gasteiger partial charge in [0.1, 0.15) is 11.6 Å². The average Bonchev–Trinajstić information content (AvgIpc) is 2.59. The lowest BCUT2D eigenvalue weighted by atomic mass is 9.85. The van der Waals surface area contributed by atoms with E-state index in [0.717, 1.165) is 5.56 Å². The van der Waals surface area contributed by atoms with Crippen molar-refractivity contribution in [2.75, 3.05) is 0 Å². The maximum atomic E-state index is 12.8. The number of morpholine rings is 1. The summed E-state index contributed by atoms with van der Waals surface area (Å²) in [7, 11) is 0. The summed E-state index contributed by atoms with van der Waals surface area (Å²) in [5.74, 6) is -0.176. The van der Waals surface area contributed by atoms with E-state index >= 15 is 0 Å². The summed E-state index contributed by atoms with van der Waals surface area (Å²) in [4.78, 5) is 15.1. The SMILES string of the molecule is CC1OC(=O)[C@](C)(c2ccccc2)N(Cc2ccccc2)C1C. The van der Waals surface area contributed by atoms with E-state index in [9.17, 15) is 4.79 Å². The molecule has 0 aromatic heterocycles. The molecule has 1 saturated heterocycles. The second kappa shape index (κ2) is 6.17. The molecule has 23 heavy (non-hydrogen) atoms. The van der Waals surface area contributed by atoms with Crippen LogP contribution in [0.25, 0.3) is 0 Å². The van der Waals surface area contributed by atoms with E-state index in [2.05, 4.69) is 24.0 Å². The van der Waals surface area contributed by atoms with E-state index in [1.165, 1.54) is 5.56 Å². The molecule has 3 rings (SSSR count). The van der Waals surface area contributed by atoms with E-state index in [0.29, 0.717) is 6.54 Å². The molecule has 1 aliphatic rings. The van der Waals surface area contributed by atoms with Crippen LogP contribution in [0.4, 0.5) is 0 Å². The van der Waals surface area contributed by atoms with Gasteiger partial charge in [0.15, 0.2) is 0 Å². The number of esters is 1. The molecule has 1 heterocycles. The summed E-state index contributed by atoms with van der Waals surface area (Å²) in [6.07, 6.45) is -0.122. The Morgan fingerprint density at radius 3 is 2.17 bits per heavy atom. The van der Waals surface area contributed by atoms with E-state index in [1.54, 1.807) is 0 Å². The zero-order valence-electron chi connectivity index (χ0n) is 13.9. The van der Waals surface area contributed by atoms with Gasteiger partial charge in [0.25, 0.3) is 0 Å². The van der Waals surface area contributed by atoms with E-state index in [1.807, 2.05) is 62.4 Å². The van der Waals surface area contributed by atoms with Crippen molar-refractivity contribution < 1.29 is 9.53 Å². The van der Waals surface area contributed by atoms with Crippen molar-refractivity contribution in [3.8, 4) is 0 Å². The Bertz CT molecular complexity index is 671. The quantitative estimate of drug-likeness (QED) is 0.809. The fourth-order valence-electron chi connectivity index (χ4n) is 3.29. The highest BCUT2D eigenvalue weighted by Gasteiger charge is 2.50. The Morgan fingerprint density at radius 1 is 1.00 bits per heavy atom. The summed E-state index contributed by atoms with van der Waals surface area (Å²) in [6, 6.07) is 20.3. The largest absolute Gasteiger partial charge is 0.459 e. The fraction of sp³-hybridized carbons (Fsp3) is 0.350. The first kappa shape index (κ1) is 15.8. The van der Waals surface area contributed by atoms with Crippen LogP contribution in [0.1, 0.15) is 31.9 Å². The molecule has 2 unspecified atom stereocenters. The number of hydrogen-bond donors (Lipinski definition) is 0. The lowest BCUT2D eigenvalue weighted by molar-refractivity contribution is -0.186. The smallest absolute Gasteiger partial charge is 0.331 e. The molecule has 0 spiro atoms. The van der Waals surface area contributed by atoms with E-state index in [-0.39, 0.29) is 18.1 Å². The second-order valence-electron chi connectivity index (χ2n) is 6.40. The minimum absolute atomic E-state index is 0.122. The molecule has 0 saturated carbocycles. The van der Waals surface area contributed by atoms with Crippen LogP contribution in [0.3, 0.4) is 0 Å². The van der Waals surface area contributed by atoms with Gasteiger partial charge in [-0.2, -0.15) is 0 Å². The third-order valence-corrected chi connectivity index (χ3v) is 4.97. The molecule has 0 radical (unpaired) electrons. The predicted octanol–water partition coefficient (Wildman–Crippen LogP) is 3.74. The topological polar surface area (TPSA) is 29.5 Å². The van der Waals surface area contributed by atoms with Crippen LogP contribution in [-0.4, -0.2) is 23.0 Å².